The third kappa shape index (κ3) is 3.52. The van der Waals surface area contributed by atoms with Crippen LogP contribution in [0, 0.1) is 5.92 Å². The van der Waals surface area contributed by atoms with E-state index >= 15 is 0 Å². The van der Waals surface area contributed by atoms with Gasteiger partial charge in [-0.2, -0.15) is 0 Å². The maximum Gasteiger partial charge on any atom is 0.253 e. The van der Waals surface area contributed by atoms with Crippen molar-refractivity contribution in [3.63, 3.8) is 0 Å². The number of carbonyl (C=O) groups excluding carboxylic acids is 1. The van der Waals surface area contributed by atoms with E-state index < -0.39 is 21.7 Å². The van der Waals surface area contributed by atoms with Crippen molar-refractivity contribution in [3.05, 3.63) is 18.2 Å². The minimum Gasteiger partial charge on any atom is -0.352 e. The predicted molar refractivity (Wildman–Crippen MR) is 96.9 cm³/mol. The Hall–Kier alpha value is -1.45. The number of ether oxygens (including phenoxy) is 1. The van der Waals surface area contributed by atoms with Gasteiger partial charge in [0.25, 0.3) is 5.91 Å². The average molecular weight is 385 g/mol. The Kier molecular flexibility index (Phi) is 5.15. The molecule has 0 aromatic carbocycles. The van der Waals surface area contributed by atoms with Crippen LogP contribution in [0.4, 0.5) is 0 Å². The number of rotatable bonds is 4. The number of sulfonamides is 1. The molecule has 2 aliphatic heterocycles. The van der Waals surface area contributed by atoms with E-state index in [0.29, 0.717) is 32.5 Å². The fourth-order valence-corrected chi connectivity index (χ4v) is 5.60. The van der Waals surface area contributed by atoms with Gasteiger partial charge in [0.2, 0.25) is 10.0 Å². The van der Waals surface area contributed by atoms with Crippen LogP contribution >= 0.6 is 0 Å². The molecule has 0 aliphatic carbocycles. The van der Waals surface area contributed by atoms with Gasteiger partial charge in [-0.1, -0.05) is 13.8 Å². The molecule has 1 unspecified atom stereocenters. The molecule has 3 heterocycles. The molecule has 9 heteroatoms. The summed E-state index contributed by atoms with van der Waals surface area (Å²) in [5, 5.41) is 0. The highest BCUT2D eigenvalue weighted by Crippen LogP contribution is 2.40. The fraction of sp³-hybridized carbons (Fsp3) is 0.765. The van der Waals surface area contributed by atoms with E-state index in [-0.39, 0.29) is 17.6 Å². The van der Waals surface area contributed by atoms with Crippen molar-refractivity contribution in [1.29, 1.82) is 0 Å². The van der Waals surface area contributed by atoms with Crippen molar-refractivity contribution in [2.75, 3.05) is 32.9 Å². The van der Waals surface area contributed by atoms with Gasteiger partial charge in [0, 0.05) is 39.6 Å². The number of fused-ring (bicyclic) bond motifs is 2. The van der Waals surface area contributed by atoms with Gasteiger partial charge in [0.15, 0.2) is 6.10 Å². The second-order valence-corrected chi connectivity index (χ2v) is 9.82. The van der Waals surface area contributed by atoms with Gasteiger partial charge in [-0.25, -0.2) is 17.7 Å². The largest absolute Gasteiger partial charge is 0.352 e. The third-order valence-electron chi connectivity index (χ3n) is 5.04. The fourth-order valence-electron chi connectivity index (χ4n) is 3.81. The highest BCUT2D eigenvalue weighted by molar-refractivity contribution is 7.89. The number of nitrogens with zero attached hydrogens (tertiary/aromatic N) is 4. The topological polar surface area (TPSA) is 84.7 Å². The van der Waals surface area contributed by atoms with Crippen LogP contribution in [0.2, 0.25) is 0 Å². The third-order valence-corrected chi connectivity index (χ3v) is 7.28. The highest BCUT2D eigenvalue weighted by Gasteiger charge is 2.48. The first-order chi connectivity index (χ1) is 12.1. The minimum absolute atomic E-state index is 0.0846. The van der Waals surface area contributed by atoms with Crippen LogP contribution in [-0.4, -0.2) is 72.1 Å². The van der Waals surface area contributed by atoms with Crippen molar-refractivity contribution < 1.29 is 17.9 Å². The number of hydrogen-bond acceptors (Lipinski definition) is 5. The molecule has 1 atom stereocenters. The molecule has 0 N–H and O–H groups in total. The summed E-state index contributed by atoms with van der Waals surface area (Å²) in [6.07, 6.45) is 3.99. The Morgan fingerprint density at radius 3 is 2.62 bits per heavy atom. The molecule has 1 fully saturated rings. The lowest BCUT2D eigenvalue weighted by atomic mass is 9.89. The van der Waals surface area contributed by atoms with E-state index in [2.05, 4.69) is 4.98 Å². The Morgan fingerprint density at radius 2 is 2.04 bits per heavy atom. The molecule has 1 saturated heterocycles. The van der Waals surface area contributed by atoms with Crippen molar-refractivity contribution in [3.8, 4) is 0 Å². The second-order valence-electron chi connectivity index (χ2n) is 7.81. The SMILES string of the molecule is CC(C)CS(=O)(=O)N1CCC2(CC1)OC(C(=O)N(C)C)Cn1ccnc12. The van der Waals surface area contributed by atoms with Crippen molar-refractivity contribution in [2.45, 2.75) is 44.9 Å². The minimum atomic E-state index is -3.27. The smallest absolute Gasteiger partial charge is 0.253 e. The van der Waals surface area contributed by atoms with Crippen molar-refractivity contribution >= 4 is 15.9 Å². The molecule has 146 valence electrons. The van der Waals surface area contributed by atoms with Gasteiger partial charge in [-0.05, 0) is 18.8 Å². The Bertz CT molecular complexity index is 763. The van der Waals surface area contributed by atoms with E-state index in [4.69, 9.17) is 4.74 Å². The summed E-state index contributed by atoms with van der Waals surface area (Å²) in [5.74, 6) is 0.944. The first-order valence-corrected chi connectivity index (χ1v) is 10.6. The van der Waals surface area contributed by atoms with Crippen LogP contribution in [-0.2, 0) is 31.7 Å². The summed E-state index contributed by atoms with van der Waals surface area (Å²) in [6, 6.07) is 0. The lowest BCUT2D eigenvalue weighted by Crippen LogP contribution is -2.54. The molecule has 0 saturated carbocycles. The van der Waals surface area contributed by atoms with Crippen molar-refractivity contribution in [1.82, 2.24) is 18.8 Å². The molecule has 2 aliphatic rings. The molecule has 0 bridgehead atoms. The van der Waals surface area contributed by atoms with Crippen LogP contribution in [0.15, 0.2) is 12.4 Å². The summed E-state index contributed by atoms with van der Waals surface area (Å²) in [7, 11) is 0.153. The highest BCUT2D eigenvalue weighted by atomic mass is 32.2. The first kappa shape index (κ1) is 19.3. The zero-order valence-electron chi connectivity index (χ0n) is 15.9. The molecular weight excluding hydrogens is 356 g/mol. The quantitative estimate of drug-likeness (QED) is 0.761. The molecule has 8 nitrogen and oxygen atoms in total. The zero-order valence-corrected chi connectivity index (χ0v) is 16.7. The van der Waals surface area contributed by atoms with Crippen molar-refractivity contribution in [2.24, 2.45) is 5.92 Å². The van der Waals surface area contributed by atoms with Gasteiger partial charge in [0.1, 0.15) is 11.4 Å². The molecule has 1 amide bonds. The Morgan fingerprint density at radius 1 is 1.38 bits per heavy atom. The summed E-state index contributed by atoms with van der Waals surface area (Å²) >= 11 is 0. The molecule has 1 aromatic heterocycles. The number of aromatic nitrogens is 2. The van der Waals surface area contributed by atoms with Gasteiger partial charge < -0.3 is 14.2 Å². The molecule has 1 spiro atoms. The summed E-state index contributed by atoms with van der Waals surface area (Å²) in [4.78, 5) is 18.4. The zero-order chi connectivity index (χ0) is 19.1. The predicted octanol–water partition coefficient (Wildman–Crippen LogP) is 0.647. The van der Waals surface area contributed by atoms with E-state index in [1.54, 1.807) is 24.6 Å². The van der Waals surface area contributed by atoms with Gasteiger partial charge in [-0.3, -0.25) is 4.79 Å². The normalized spacial score (nSPS) is 23.2. The number of amides is 1. The maximum absolute atomic E-state index is 12.5. The molecule has 26 heavy (non-hydrogen) atoms. The number of likely N-dealkylation sites (N-methyl/N-ethyl adjacent to an activating group) is 1. The number of imidazole rings is 1. The Balaban J connectivity index is 1.81. The van der Waals surface area contributed by atoms with E-state index in [0.717, 1.165) is 5.82 Å². The monoisotopic (exact) mass is 384 g/mol. The number of carbonyl (C=O) groups is 1. The molecule has 0 radical (unpaired) electrons. The van der Waals surface area contributed by atoms with Crippen LogP contribution in [0.25, 0.3) is 0 Å². The summed E-state index contributed by atoms with van der Waals surface area (Å²) < 4.78 is 34.8. The van der Waals surface area contributed by atoms with E-state index in [1.165, 1.54) is 4.90 Å². The van der Waals surface area contributed by atoms with E-state index in [1.807, 2.05) is 24.6 Å². The van der Waals surface area contributed by atoms with Crippen LogP contribution in [0.5, 0.6) is 0 Å². The second kappa shape index (κ2) is 6.94. The van der Waals surface area contributed by atoms with Crippen LogP contribution in [0.3, 0.4) is 0 Å². The van der Waals surface area contributed by atoms with Crippen LogP contribution in [0.1, 0.15) is 32.5 Å². The molecule has 1 aromatic rings. The number of hydrogen-bond donors (Lipinski definition) is 0. The Labute approximate surface area is 155 Å². The van der Waals surface area contributed by atoms with E-state index in [9.17, 15) is 13.2 Å². The van der Waals surface area contributed by atoms with Gasteiger partial charge in [-0.15, -0.1) is 0 Å². The summed E-state index contributed by atoms with van der Waals surface area (Å²) in [6.45, 7) is 5.00. The maximum atomic E-state index is 12.5. The van der Waals surface area contributed by atoms with Gasteiger partial charge >= 0.3 is 0 Å². The summed E-state index contributed by atoms with van der Waals surface area (Å²) in [5.41, 5.74) is -0.706. The van der Waals surface area contributed by atoms with Crippen LogP contribution < -0.4 is 0 Å². The molecule has 3 rings (SSSR count). The number of piperidine rings is 1. The van der Waals surface area contributed by atoms with Gasteiger partial charge in [0.05, 0.1) is 12.3 Å². The first-order valence-electron chi connectivity index (χ1n) is 9.03. The molecular formula is C17H28N4O4S. The standard InChI is InChI=1S/C17H28N4O4S/c1-13(2)12-26(23,24)21-8-5-17(6-9-21)16-18-7-10-20(16)11-14(25-17)15(22)19(3)4/h7,10,13-14H,5-6,8-9,11-12H2,1-4H3. The lowest BCUT2D eigenvalue weighted by molar-refractivity contribution is -0.177. The lowest BCUT2D eigenvalue weighted by Gasteiger charge is -2.45. The average Bonchev–Trinajstić information content (AvgIpc) is 3.02.